The van der Waals surface area contributed by atoms with Gasteiger partial charge in [-0.15, -0.1) is 0 Å². The highest BCUT2D eigenvalue weighted by Crippen LogP contribution is 2.36. The summed E-state index contributed by atoms with van der Waals surface area (Å²) in [5.41, 5.74) is -1.09. The SMILES string of the molecule is CC1=CC(=O)N(c2cc(C(F)(F)F)ccc2Cl)C1=O. The summed E-state index contributed by atoms with van der Waals surface area (Å²) in [5.74, 6) is -1.38. The van der Waals surface area contributed by atoms with E-state index < -0.39 is 23.6 Å². The van der Waals surface area contributed by atoms with Crippen LogP contribution in [0.5, 0.6) is 0 Å². The topological polar surface area (TPSA) is 37.4 Å². The number of hydrogen-bond donors (Lipinski definition) is 0. The standard InChI is InChI=1S/C12H7ClF3NO2/c1-6-4-10(18)17(11(6)19)9-5-7(12(14,15)16)2-3-8(9)13/h2-5H,1H3. The molecule has 2 amide bonds. The summed E-state index contributed by atoms with van der Waals surface area (Å²) in [5, 5.41) is -0.0993. The molecule has 0 saturated heterocycles. The Morgan fingerprint density at radius 1 is 1.21 bits per heavy atom. The third-order valence-electron chi connectivity index (χ3n) is 2.62. The van der Waals surface area contributed by atoms with Gasteiger partial charge in [0, 0.05) is 11.6 Å². The second kappa shape index (κ2) is 4.38. The van der Waals surface area contributed by atoms with Gasteiger partial charge < -0.3 is 0 Å². The fraction of sp³-hybridized carbons (Fsp3) is 0.167. The summed E-state index contributed by atoms with van der Waals surface area (Å²) >= 11 is 5.77. The average Bonchev–Trinajstić information content (AvgIpc) is 2.53. The van der Waals surface area contributed by atoms with Crippen LogP contribution in [-0.4, -0.2) is 11.8 Å². The van der Waals surface area contributed by atoms with Gasteiger partial charge in [-0.25, -0.2) is 4.90 Å². The molecule has 0 fully saturated rings. The fourth-order valence-corrected chi connectivity index (χ4v) is 1.88. The summed E-state index contributed by atoms with van der Waals surface area (Å²) < 4.78 is 37.8. The van der Waals surface area contributed by atoms with Crippen molar-refractivity contribution >= 4 is 29.1 Å². The van der Waals surface area contributed by atoms with Crippen LogP contribution >= 0.6 is 11.6 Å². The van der Waals surface area contributed by atoms with E-state index in [1.165, 1.54) is 6.92 Å². The Balaban J connectivity index is 2.52. The van der Waals surface area contributed by atoms with Crippen molar-refractivity contribution in [2.24, 2.45) is 0 Å². The third-order valence-corrected chi connectivity index (χ3v) is 2.93. The maximum absolute atomic E-state index is 12.6. The lowest BCUT2D eigenvalue weighted by molar-refractivity contribution is -0.137. The number of amides is 2. The second-order valence-electron chi connectivity index (χ2n) is 3.97. The molecule has 0 saturated carbocycles. The van der Waals surface area contributed by atoms with Crippen LogP contribution in [0.2, 0.25) is 5.02 Å². The van der Waals surface area contributed by atoms with E-state index in [0.717, 1.165) is 18.2 Å². The van der Waals surface area contributed by atoms with Crippen molar-refractivity contribution in [3.8, 4) is 0 Å². The highest BCUT2D eigenvalue weighted by Gasteiger charge is 2.35. The molecule has 7 heteroatoms. The van der Waals surface area contributed by atoms with Gasteiger partial charge in [0.05, 0.1) is 16.3 Å². The maximum Gasteiger partial charge on any atom is 0.416 e. The zero-order chi connectivity index (χ0) is 14.4. The maximum atomic E-state index is 12.6. The molecule has 1 aliphatic rings. The molecule has 0 aromatic heterocycles. The molecule has 1 aromatic carbocycles. The molecule has 1 aliphatic heterocycles. The van der Waals surface area contributed by atoms with E-state index in [1.54, 1.807) is 0 Å². The second-order valence-corrected chi connectivity index (χ2v) is 4.38. The van der Waals surface area contributed by atoms with Crippen LogP contribution in [0.3, 0.4) is 0 Å². The van der Waals surface area contributed by atoms with E-state index in [9.17, 15) is 22.8 Å². The normalized spacial score (nSPS) is 16.1. The summed E-state index contributed by atoms with van der Waals surface area (Å²) in [7, 11) is 0. The van der Waals surface area contributed by atoms with E-state index in [0.29, 0.717) is 11.0 Å². The third kappa shape index (κ3) is 2.35. The van der Waals surface area contributed by atoms with Gasteiger partial charge in [0.2, 0.25) is 0 Å². The van der Waals surface area contributed by atoms with Crippen LogP contribution in [0.1, 0.15) is 12.5 Å². The first-order chi connectivity index (χ1) is 8.71. The molecule has 0 spiro atoms. The van der Waals surface area contributed by atoms with Crippen molar-refractivity contribution in [3.63, 3.8) is 0 Å². The number of anilines is 1. The summed E-state index contributed by atoms with van der Waals surface area (Å²) in [4.78, 5) is 24.0. The Morgan fingerprint density at radius 2 is 1.84 bits per heavy atom. The number of carbonyl (C=O) groups excluding carboxylic acids is 2. The van der Waals surface area contributed by atoms with Crippen molar-refractivity contribution in [1.82, 2.24) is 0 Å². The number of benzene rings is 1. The fourth-order valence-electron chi connectivity index (χ4n) is 1.68. The number of alkyl halides is 3. The van der Waals surface area contributed by atoms with Crippen molar-refractivity contribution in [2.45, 2.75) is 13.1 Å². The summed E-state index contributed by atoms with van der Waals surface area (Å²) in [6.45, 7) is 1.40. The average molecular weight is 290 g/mol. The zero-order valence-electron chi connectivity index (χ0n) is 9.58. The molecule has 0 N–H and O–H groups in total. The van der Waals surface area contributed by atoms with Gasteiger partial charge in [0.25, 0.3) is 11.8 Å². The Morgan fingerprint density at radius 3 is 2.32 bits per heavy atom. The van der Waals surface area contributed by atoms with Gasteiger partial charge in [0.15, 0.2) is 0 Å². The minimum atomic E-state index is -4.58. The first kappa shape index (κ1) is 13.6. The van der Waals surface area contributed by atoms with Crippen LogP contribution in [-0.2, 0) is 15.8 Å². The Kier molecular flexibility index (Phi) is 3.14. The molecule has 0 radical (unpaired) electrons. The molecule has 0 aliphatic carbocycles. The summed E-state index contributed by atoms with van der Waals surface area (Å²) in [6, 6.07) is 2.48. The molecule has 0 atom stereocenters. The molecule has 1 heterocycles. The predicted molar refractivity (Wildman–Crippen MR) is 62.7 cm³/mol. The van der Waals surface area contributed by atoms with Crippen molar-refractivity contribution in [2.75, 3.05) is 4.90 Å². The molecular formula is C12H7ClF3NO2. The van der Waals surface area contributed by atoms with Gasteiger partial charge >= 0.3 is 6.18 Å². The number of halogens is 4. The van der Waals surface area contributed by atoms with Gasteiger partial charge in [-0.3, -0.25) is 9.59 Å². The lowest BCUT2D eigenvalue weighted by Crippen LogP contribution is -2.31. The molecular weight excluding hydrogens is 283 g/mol. The Bertz CT molecular complexity index is 607. The molecule has 3 nitrogen and oxygen atoms in total. The molecule has 19 heavy (non-hydrogen) atoms. The Hall–Kier alpha value is -1.82. The van der Waals surface area contributed by atoms with Crippen LogP contribution < -0.4 is 4.90 Å². The quantitative estimate of drug-likeness (QED) is 0.745. The van der Waals surface area contributed by atoms with Crippen LogP contribution in [0.4, 0.5) is 18.9 Å². The smallest absolute Gasteiger partial charge is 0.269 e. The van der Waals surface area contributed by atoms with Gasteiger partial charge in [0.1, 0.15) is 0 Å². The number of rotatable bonds is 1. The van der Waals surface area contributed by atoms with E-state index in [-0.39, 0.29) is 16.3 Å². The highest BCUT2D eigenvalue weighted by molar-refractivity contribution is 6.38. The molecule has 0 bridgehead atoms. The van der Waals surface area contributed by atoms with Gasteiger partial charge in [-0.1, -0.05) is 11.6 Å². The molecule has 2 rings (SSSR count). The van der Waals surface area contributed by atoms with Crippen molar-refractivity contribution in [3.05, 3.63) is 40.4 Å². The van der Waals surface area contributed by atoms with Crippen LogP contribution in [0, 0.1) is 0 Å². The monoisotopic (exact) mass is 289 g/mol. The van der Waals surface area contributed by atoms with Crippen molar-refractivity contribution in [1.29, 1.82) is 0 Å². The van der Waals surface area contributed by atoms with Crippen molar-refractivity contribution < 1.29 is 22.8 Å². The van der Waals surface area contributed by atoms with Gasteiger partial charge in [-0.05, 0) is 25.1 Å². The van der Waals surface area contributed by atoms with Crippen LogP contribution in [0.15, 0.2) is 29.8 Å². The largest absolute Gasteiger partial charge is 0.416 e. The van der Waals surface area contributed by atoms with E-state index in [4.69, 9.17) is 11.6 Å². The minimum Gasteiger partial charge on any atom is -0.269 e. The molecule has 1 aromatic rings. The zero-order valence-corrected chi connectivity index (χ0v) is 10.3. The predicted octanol–water partition coefficient (Wildman–Crippen LogP) is 3.18. The lowest BCUT2D eigenvalue weighted by Gasteiger charge is -2.18. The Labute approximate surface area is 111 Å². The van der Waals surface area contributed by atoms with Gasteiger partial charge in [-0.2, -0.15) is 13.2 Å². The first-order valence-corrected chi connectivity index (χ1v) is 5.53. The highest BCUT2D eigenvalue weighted by atomic mass is 35.5. The number of carbonyl (C=O) groups is 2. The summed E-state index contributed by atoms with van der Waals surface area (Å²) in [6.07, 6.45) is -3.52. The molecule has 0 unspecified atom stereocenters. The number of hydrogen-bond acceptors (Lipinski definition) is 2. The minimum absolute atomic E-state index is 0.0993. The number of nitrogens with zero attached hydrogens (tertiary/aromatic N) is 1. The number of imide groups is 1. The van der Waals surface area contributed by atoms with E-state index in [2.05, 4.69) is 0 Å². The first-order valence-electron chi connectivity index (χ1n) is 5.15. The van der Waals surface area contributed by atoms with Crippen LogP contribution in [0.25, 0.3) is 0 Å². The van der Waals surface area contributed by atoms with E-state index in [1.807, 2.05) is 0 Å². The van der Waals surface area contributed by atoms with E-state index >= 15 is 0 Å². The molecule has 100 valence electrons. The lowest BCUT2D eigenvalue weighted by atomic mass is 10.1.